The van der Waals surface area contributed by atoms with E-state index in [9.17, 15) is 0 Å². The number of hydrogen-bond donors (Lipinski definition) is 1. The van der Waals surface area contributed by atoms with Crippen LogP contribution in [0.15, 0.2) is 16.8 Å². The van der Waals surface area contributed by atoms with E-state index in [1.54, 1.807) is 6.33 Å². The van der Waals surface area contributed by atoms with E-state index in [1.807, 2.05) is 0 Å². The number of aromatic nitrogens is 3. The van der Waals surface area contributed by atoms with Crippen molar-refractivity contribution in [1.29, 1.82) is 0 Å². The molecule has 6 nitrogen and oxygen atoms in total. The number of piperazine rings is 1. The first-order chi connectivity index (χ1) is 11.4. The first-order valence-electron chi connectivity index (χ1n) is 8.53. The minimum atomic E-state index is 0.714. The van der Waals surface area contributed by atoms with Crippen molar-refractivity contribution in [2.45, 2.75) is 25.7 Å². The number of fused-ring (bicyclic) bond motifs is 4. The van der Waals surface area contributed by atoms with E-state index in [2.05, 4.69) is 26.3 Å². The molecule has 1 aliphatic carbocycles. The van der Waals surface area contributed by atoms with Gasteiger partial charge in [-0.1, -0.05) is 0 Å². The molecular formula is C17H20N5O+. The Hall–Kier alpha value is -2.21. The van der Waals surface area contributed by atoms with Crippen LogP contribution in [0.1, 0.15) is 24.1 Å². The number of pyridine rings is 1. The Kier molecular flexibility index (Phi) is 2.97. The Bertz CT molecular complexity index is 881. The smallest absolute Gasteiger partial charge is 0.229 e. The summed E-state index contributed by atoms with van der Waals surface area (Å²) in [7, 11) is 0. The van der Waals surface area contributed by atoms with Crippen LogP contribution in [0.25, 0.3) is 22.2 Å². The van der Waals surface area contributed by atoms with Crippen LogP contribution in [0.2, 0.25) is 0 Å². The van der Waals surface area contributed by atoms with Crippen LogP contribution in [-0.4, -0.2) is 41.1 Å². The number of nitrogens with zero attached hydrogens (tertiary/aromatic N) is 4. The summed E-state index contributed by atoms with van der Waals surface area (Å²) in [5.74, 6) is 0.916. The van der Waals surface area contributed by atoms with Gasteiger partial charge >= 0.3 is 0 Å². The Labute approximate surface area is 133 Å². The molecule has 23 heavy (non-hydrogen) atoms. The standard InChI is InChI=1S/C17H19N5O/c1-2-4-13-11(3-1)9-12-14-15(23-17(12)21-13)16(20-10-19-14)22-7-5-18-6-8-22/h9-10,18H,1-8H2/p+1. The van der Waals surface area contributed by atoms with Gasteiger partial charge < -0.3 is 14.6 Å². The normalized spacial score (nSPS) is 18.5. The van der Waals surface area contributed by atoms with Crippen molar-refractivity contribution in [2.24, 2.45) is 0 Å². The zero-order chi connectivity index (χ0) is 15.2. The zero-order valence-electron chi connectivity index (χ0n) is 13.1. The molecule has 1 aliphatic heterocycles. The van der Waals surface area contributed by atoms with Crippen LogP contribution in [0.4, 0.5) is 5.82 Å². The highest BCUT2D eigenvalue weighted by molar-refractivity contribution is 6.04. The van der Waals surface area contributed by atoms with Crippen LogP contribution in [0.3, 0.4) is 0 Å². The molecule has 3 aromatic heterocycles. The Morgan fingerprint density at radius 2 is 1.96 bits per heavy atom. The van der Waals surface area contributed by atoms with Crippen molar-refractivity contribution in [3.8, 4) is 0 Å². The maximum absolute atomic E-state index is 6.11. The van der Waals surface area contributed by atoms with Crippen molar-refractivity contribution >= 4 is 28.0 Å². The van der Waals surface area contributed by atoms with E-state index in [0.29, 0.717) is 5.71 Å². The minimum absolute atomic E-state index is 0.714. The van der Waals surface area contributed by atoms with Gasteiger partial charge in [0.2, 0.25) is 5.71 Å². The molecule has 0 aromatic carbocycles. The number of hydrogen-bond acceptors (Lipinski definition) is 5. The number of nitrogens with two attached hydrogens (primary N) is 1. The summed E-state index contributed by atoms with van der Waals surface area (Å²) in [6.07, 6.45) is 6.31. The maximum Gasteiger partial charge on any atom is 0.229 e. The van der Waals surface area contributed by atoms with E-state index in [-0.39, 0.29) is 0 Å². The number of aryl methyl sites for hydroxylation is 2. The van der Waals surface area contributed by atoms with Gasteiger partial charge in [0.1, 0.15) is 11.8 Å². The van der Waals surface area contributed by atoms with Gasteiger partial charge in [-0.05, 0) is 37.3 Å². The maximum atomic E-state index is 6.11. The molecular weight excluding hydrogens is 290 g/mol. The van der Waals surface area contributed by atoms with Crippen molar-refractivity contribution in [3.63, 3.8) is 0 Å². The lowest BCUT2D eigenvalue weighted by Crippen LogP contribution is -2.89. The van der Waals surface area contributed by atoms with Gasteiger partial charge in [-0.2, -0.15) is 0 Å². The molecule has 0 spiro atoms. The summed E-state index contributed by atoms with van der Waals surface area (Å²) in [6.45, 7) is 4.18. The number of furan rings is 1. The third-order valence-electron chi connectivity index (χ3n) is 5.01. The molecule has 0 unspecified atom stereocenters. The van der Waals surface area contributed by atoms with Crippen LogP contribution in [0.5, 0.6) is 0 Å². The molecule has 0 atom stereocenters. The van der Waals surface area contributed by atoms with Gasteiger partial charge in [-0.15, -0.1) is 0 Å². The second kappa shape index (κ2) is 5.16. The molecule has 1 saturated heterocycles. The van der Waals surface area contributed by atoms with E-state index >= 15 is 0 Å². The lowest BCUT2D eigenvalue weighted by Gasteiger charge is -2.25. The highest BCUT2D eigenvalue weighted by Gasteiger charge is 2.22. The van der Waals surface area contributed by atoms with Crippen molar-refractivity contribution in [1.82, 2.24) is 15.0 Å². The zero-order valence-corrected chi connectivity index (χ0v) is 13.1. The van der Waals surface area contributed by atoms with E-state index in [4.69, 9.17) is 9.40 Å². The largest absolute Gasteiger partial charge is 0.432 e. The summed E-state index contributed by atoms with van der Waals surface area (Å²) in [5, 5.41) is 3.37. The minimum Gasteiger partial charge on any atom is -0.432 e. The Balaban J connectivity index is 1.72. The number of rotatable bonds is 1. The predicted octanol–water partition coefficient (Wildman–Crippen LogP) is 1.03. The summed E-state index contributed by atoms with van der Waals surface area (Å²) in [5.41, 5.74) is 4.97. The molecule has 0 amide bonds. The van der Waals surface area contributed by atoms with E-state index < -0.39 is 0 Å². The van der Waals surface area contributed by atoms with E-state index in [1.165, 1.54) is 24.1 Å². The fourth-order valence-corrected chi connectivity index (χ4v) is 3.80. The summed E-state index contributed by atoms with van der Waals surface area (Å²) in [6, 6.07) is 2.24. The third-order valence-corrected chi connectivity index (χ3v) is 5.01. The van der Waals surface area contributed by atoms with Crippen molar-refractivity contribution < 1.29 is 9.73 Å². The van der Waals surface area contributed by atoms with Gasteiger partial charge in [0, 0.05) is 5.69 Å². The molecule has 2 N–H and O–H groups in total. The second-order valence-corrected chi connectivity index (χ2v) is 6.48. The monoisotopic (exact) mass is 310 g/mol. The fraction of sp³-hybridized carbons (Fsp3) is 0.471. The lowest BCUT2D eigenvalue weighted by molar-refractivity contribution is -0.655. The lowest BCUT2D eigenvalue weighted by atomic mass is 9.95. The van der Waals surface area contributed by atoms with Gasteiger partial charge in [0.25, 0.3) is 0 Å². The van der Waals surface area contributed by atoms with E-state index in [0.717, 1.165) is 61.3 Å². The highest BCUT2D eigenvalue weighted by atomic mass is 16.3. The van der Waals surface area contributed by atoms with Crippen LogP contribution < -0.4 is 10.2 Å². The molecule has 6 heteroatoms. The first kappa shape index (κ1) is 13.2. The summed E-state index contributed by atoms with van der Waals surface area (Å²) < 4.78 is 6.11. The summed E-state index contributed by atoms with van der Waals surface area (Å²) in [4.78, 5) is 16.1. The highest BCUT2D eigenvalue weighted by Crippen LogP contribution is 2.33. The molecule has 3 aromatic rings. The summed E-state index contributed by atoms with van der Waals surface area (Å²) >= 11 is 0. The molecule has 2 aliphatic rings. The van der Waals surface area contributed by atoms with Gasteiger partial charge in [-0.3, -0.25) is 0 Å². The third kappa shape index (κ3) is 2.09. The van der Waals surface area contributed by atoms with Gasteiger partial charge in [0.15, 0.2) is 11.4 Å². The fourth-order valence-electron chi connectivity index (χ4n) is 3.80. The molecule has 1 fully saturated rings. The van der Waals surface area contributed by atoms with Gasteiger partial charge in [-0.25, -0.2) is 15.0 Å². The molecule has 0 bridgehead atoms. The van der Waals surface area contributed by atoms with Crippen LogP contribution >= 0.6 is 0 Å². The average molecular weight is 310 g/mol. The van der Waals surface area contributed by atoms with Crippen LogP contribution in [-0.2, 0) is 12.8 Å². The van der Waals surface area contributed by atoms with Crippen LogP contribution in [0, 0.1) is 0 Å². The quantitative estimate of drug-likeness (QED) is 0.727. The molecule has 0 saturated carbocycles. The molecule has 4 heterocycles. The molecule has 118 valence electrons. The van der Waals surface area contributed by atoms with Crippen molar-refractivity contribution in [2.75, 3.05) is 31.1 Å². The van der Waals surface area contributed by atoms with Crippen molar-refractivity contribution in [3.05, 3.63) is 23.7 Å². The first-order valence-corrected chi connectivity index (χ1v) is 8.53. The molecule has 5 rings (SSSR count). The Morgan fingerprint density at radius 3 is 2.87 bits per heavy atom. The topological polar surface area (TPSA) is 71.7 Å². The molecule has 0 radical (unpaired) electrons. The average Bonchev–Trinajstić information content (AvgIpc) is 2.98. The second-order valence-electron chi connectivity index (χ2n) is 6.48. The predicted molar refractivity (Wildman–Crippen MR) is 87.6 cm³/mol. The SMILES string of the molecule is c1nc(N2CC[NH2+]CC2)c2oc3nc4c(cc3c2n1)CCCC4. The number of quaternary nitrogens is 1. The number of anilines is 1. The Morgan fingerprint density at radius 1 is 1.09 bits per heavy atom. The van der Waals surface area contributed by atoms with Gasteiger partial charge in [0.05, 0.1) is 31.6 Å².